The van der Waals surface area contributed by atoms with Gasteiger partial charge in [-0.2, -0.15) is 0 Å². The summed E-state index contributed by atoms with van der Waals surface area (Å²) in [6.45, 7) is 4.24. The Morgan fingerprint density at radius 3 is 2.57 bits per heavy atom. The quantitative estimate of drug-likeness (QED) is 0.660. The minimum absolute atomic E-state index is 1.12. The molecule has 1 aromatic carbocycles. The van der Waals surface area contributed by atoms with E-state index in [1.165, 1.54) is 16.7 Å². The van der Waals surface area contributed by atoms with Crippen molar-refractivity contribution in [2.75, 3.05) is 0 Å². The van der Waals surface area contributed by atoms with Gasteiger partial charge in [0, 0.05) is 24.0 Å². The van der Waals surface area contributed by atoms with Crippen molar-refractivity contribution in [2.45, 2.75) is 13.8 Å². The molecule has 2 aromatic rings. The van der Waals surface area contributed by atoms with E-state index in [0.717, 1.165) is 5.56 Å². The Balaban J connectivity index is 2.48. The molecule has 0 N–H and O–H groups in total. The van der Waals surface area contributed by atoms with E-state index in [-0.39, 0.29) is 0 Å². The minimum Gasteiger partial charge on any atom is -0.263 e. The number of benzene rings is 1. The molecule has 0 saturated heterocycles. The molecule has 1 heteroatoms. The predicted octanol–water partition coefficient (Wildman–Crippen LogP) is 3.17. The van der Waals surface area contributed by atoms with Crippen molar-refractivity contribution in [1.29, 1.82) is 0 Å². The smallest absolute Gasteiger partial charge is 0.0347 e. The molecule has 0 fully saturated rings. The van der Waals surface area contributed by atoms with Crippen LogP contribution in [0.25, 0.3) is 11.1 Å². The van der Waals surface area contributed by atoms with E-state index in [0.29, 0.717) is 0 Å². The van der Waals surface area contributed by atoms with E-state index in [9.17, 15) is 0 Å². The second-order valence-electron chi connectivity index (χ2n) is 3.47. The van der Waals surface area contributed by atoms with Crippen LogP contribution < -0.4 is 0 Å². The van der Waals surface area contributed by atoms with Gasteiger partial charge in [-0.05, 0) is 36.6 Å². The van der Waals surface area contributed by atoms with Crippen LogP contribution in [0.2, 0.25) is 0 Å². The Kier molecular flexibility index (Phi) is 2.32. The molecular weight excluding hydrogens is 170 g/mol. The van der Waals surface area contributed by atoms with E-state index >= 15 is 0 Å². The number of aryl methyl sites for hydroxylation is 2. The first-order valence-electron chi connectivity index (χ1n) is 4.66. The van der Waals surface area contributed by atoms with Crippen LogP contribution >= 0.6 is 0 Å². The SMILES string of the molecule is Cc1ccc(-c2c[c]cnc2)cc1C. The molecular formula is C13H12N. The van der Waals surface area contributed by atoms with Gasteiger partial charge < -0.3 is 0 Å². The monoisotopic (exact) mass is 182 g/mol. The highest BCUT2D eigenvalue weighted by Gasteiger charge is 1.98. The largest absolute Gasteiger partial charge is 0.263 e. The summed E-state index contributed by atoms with van der Waals surface area (Å²) in [5.41, 5.74) is 4.96. The van der Waals surface area contributed by atoms with Gasteiger partial charge in [0.2, 0.25) is 0 Å². The van der Waals surface area contributed by atoms with Crippen molar-refractivity contribution in [2.24, 2.45) is 0 Å². The fraction of sp³-hybridized carbons (Fsp3) is 0.154. The average molecular weight is 182 g/mol. The number of aromatic nitrogens is 1. The van der Waals surface area contributed by atoms with Gasteiger partial charge in [0.05, 0.1) is 0 Å². The van der Waals surface area contributed by atoms with Crippen molar-refractivity contribution in [3.8, 4) is 11.1 Å². The van der Waals surface area contributed by atoms with Gasteiger partial charge in [-0.1, -0.05) is 18.2 Å². The lowest BCUT2D eigenvalue weighted by atomic mass is 10.0. The van der Waals surface area contributed by atoms with Crippen LogP contribution in [0.3, 0.4) is 0 Å². The van der Waals surface area contributed by atoms with Gasteiger partial charge >= 0.3 is 0 Å². The summed E-state index contributed by atoms with van der Waals surface area (Å²) in [7, 11) is 0. The molecule has 1 aromatic heterocycles. The fourth-order valence-corrected chi connectivity index (χ4v) is 1.40. The zero-order valence-electron chi connectivity index (χ0n) is 8.41. The van der Waals surface area contributed by atoms with E-state index < -0.39 is 0 Å². The zero-order valence-corrected chi connectivity index (χ0v) is 8.41. The number of hydrogen-bond acceptors (Lipinski definition) is 1. The first-order valence-corrected chi connectivity index (χ1v) is 4.66. The molecule has 69 valence electrons. The van der Waals surface area contributed by atoms with Gasteiger partial charge in [0.1, 0.15) is 0 Å². The van der Waals surface area contributed by atoms with E-state index in [2.05, 4.69) is 43.1 Å². The summed E-state index contributed by atoms with van der Waals surface area (Å²) in [6.07, 6.45) is 3.53. The van der Waals surface area contributed by atoms with Crippen LogP contribution in [-0.2, 0) is 0 Å². The number of nitrogens with zero attached hydrogens (tertiary/aromatic N) is 1. The molecule has 1 heterocycles. The molecule has 0 aliphatic carbocycles. The van der Waals surface area contributed by atoms with Crippen molar-refractivity contribution >= 4 is 0 Å². The number of pyridine rings is 1. The summed E-state index contributed by atoms with van der Waals surface area (Å²) < 4.78 is 0. The Bertz CT molecular complexity index is 432. The van der Waals surface area contributed by atoms with Crippen LogP contribution in [0.1, 0.15) is 11.1 Å². The van der Waals surface area contributed by atoms with Crippen molar-refractivity contribution in [1.82, 2.24) is 4.98 Å². The summed E-state index contributed by atoms with van der Waals surface area (Å²) in [6, 6.07) is 11.4. The third-order valence-corrected chi connectivity index (χ3v) is 2.44. The highest BCUT2D eigenvalue weighted by molar-refractivity contribution is 5.63. The van der Waals surface area contributed by atoms with Crippen molar-refractivity contribution in [3.05, 3.63) is 53.9 Å². The molecule has 1 nitrogen and oxygen atoms in total. The summed E-state index contributed by atoms with van der Waals surface area (Å²) in [5, 5.41) is 0. The van der Waals surface area contributed by atoms with Gasteiger partial charge in [0.15, 0.2) is 0 Å². The van der Waals surface area contributed by atoms with Gasteiger partial charge in [-0.15, -0.1) is 0 Å². The van der Waals surface area contributed by atoms with Crippen molar-refractivity contribution < 1.29 is 0 Å². The van der Waals surface area contributed by atoms with Crippen LogP contribution in [0, 0.1) is 19.9 Å². The molecule has 0 saturated carbocycles. The number of rotatable bonds is 1. The molecule has 0 atom stereocenters. The van der Waals surface area contributed by atoms with Crippen LogP contribution in [0.4, 0.5) is 0 Å². The first kappa shape index (κ1) is 8.95. The highest BCUT2D eigenvalue weighted by Crippen LogP contribution is 2.20. The van der Waals surface area contributed by atoms with E-state index in [1.54, 1.807) is 6.20 Å². The summed E-state index contributed by atoms with van der Waals surface area (Å²) in [4.78, 5) is 4.06. The zero-order chi connectivity index (χ0) is 9.97. The molecule has 14 heavy (non-hydrogen) atoms. The van der Waals surface area contributed by atoms with Crippen LogP contribution in [-0.4, -0.2) is 4.98 Å². The Labute approximate surface area is 84.4 Å². The van der Waals surface area contributed by atoms with E-state index in [1.807, 2.05) is 12.3 Å². The van der Waals surface area contributed by atoms with Gasteiger partial charge in [-0.25, -0.2) is 0 Å². The topological polar surface area (TPSA) is 12.9 Å². The predicted molar refractivity (Wildman–Crippen MR) is 58.0 cm³/mol. The Morgan fingerprint density at radius 2 is 1.93 bits per heavy atom. The highest BCUT2D eigenvalue weighted by atomic mass is 14.6. The molecule has 0 unspecified atom stereocenters. The van der Waals surface area contributed by atoms with Crippen LogP contribution in [0.5, 0.6) is 0 Å². The lowest BCUT2D eigenvalue weighted by molar-refractivity contribution is 1.31. The summed E-state index contributed by atoms with van der Waals surface area (Å²) in [5.74, 6) is 0. The maximum atomic E-state index is 4.06. The maximum Gasteiger partial charge on any atom is 0.0347 e. The second kappa shape index (κ2) is 3.62. The van der Waals surface area contributed by atoms with E-state index in [4.69, 9.17) is 0 Å². The van der Waals surface area contributed by atoms with Gasteiger partial charge in [0.25, 0.3) is 0 Å². The second-order valence-corrected chi connectivity index (χ2v) is 3.47. The minimum atomic E-state index is 1.12. The molecule has 2 rings (SSSR count). The Morgan fingerprint density at radius 1 is 1.07 bits per heavy atom. The summed E-state index contributed by atoms with van der Waals surface area (Å²) >= 11 is 0. The maximum absolute atomic E-state index is 4.06. The third-order valence-electron chi connectivity index (χ3n) is 2.44. The molecule has 0 amide bonds. The molecule has 0 spiro atoms. The molecule has 0 bridgehead atoms. The average Bonchev–Trinajstić information content (AvgIpc) is 2.23. The first-order chi connectivity index (χ1) is 6.77. The lowest BCUT2D eigenvalue weighted by Crippen LogP contribution is -1.83. The molecule has 1 radical (unpaired) electrons. The lowest BCUT2D eigenvalue weighted by Gasteiger charge is -2.04. The third kappa shape index (κ3) is 1.67. The molecule has 0 aliphatic rings. The van der Waals surface area contributed by atoms with Crippen molar-refractivity contribution in [3.63, 3.8) is 0 Å². The van der Waals surface area contributed by atoms with Crippen LogP contribution in [0.15, 0.2) is 36.7 Å². The standard InChI is InChI=1S/C13H12N/c1-10-5-6-12(8-11(10)2)13-4-3-7-14-9-13/h4-9H,1-2H3. The fourth-order valence-electron chi connectivity index (χ4n) is 1.40. The normalized spacial score (nSPS) is 10.1. The Hall–Kier alpha value is -1.63. The molecule has 0 aliphatic heterocycles. The van der Waals surface area contributed by atoms with Gasteiger partial charge in [-0.3, -0.25) is 4.98 Å². The number of hydrogen-bond donors (Lipinski definition) is 0.